The number of halogens is 1. The average molecular weight is 310 g/mol. The van der Waals surface area contributed by atoms with Crippen LogP contribution in [0.1, 0.15) is 23.2 Å². The van der Waals surface area contributed by atoms with Crippen LogP contribution in [0, 0.1) is 17.8 Å². The number of nitrogens with one attached hydrogen (secondary N) is 1. The van der Waals surface area contributed by atoms with Crippen molar-refractivity contribution in [3.63, 3.8) is 0 Å². The third-order valence-electron chi connectivity index (χ3n) is 4.31. The topological polar surface area (TPSA) is 83.8 Å². The monoisotopic (exact) mass is 309 g/mol. The molecule has 0 aliphatic heterocycles. The minimum atomic E-state index is -0.529. The lowest BCUT2D eigenvalue weighted by Gasteiger charge is -2.19. The molecule has 2 N–H and O–H groups in total. The summed E-state index contributed by atoms with van der Waals surface area (Å²) in [4.78, 5) is 20.3. The van der Waals surface area contributed by atoms with E-state index in [-0.39, 0.29) is 29.2 Å². The van der Waals surface area contributed by atoms with E-state index in [9.17, 15) is 9.90 Å². The largest absolute Gasteiger partial charge is 0.393 e. The third-order valence-corrected chi connectivity index (χ3v) is 4.81. The normalized spacial score (nSPS) is 34.3. The van der Waals surface area contributed by atoms with Crippen molar-refractivity contribution >= 4 is 23.8 Å². The molecule has 1 aromatic heterocycles. The molecule has 1 heterocycles. The number of alkyl halides is 1. The molecule has 2 fully saturated rings. The maximum absolute atomic E-state index is 11.6. The van der Waals surface area contributed by atoms with Crippen LogP contribution in [0.3, 0.4) is 0 Å². The van der Waals surface area contributed by atoms with Gasteiger partial charge in [-0.25, -0.2) is 4.79 Å². The van der Waals surface area contributed by atoms with Crippen LogP contribution in [0.2, 0.25) is 0 Å². The SMILES string of the molecule is O=C(ON/N=C/[C@@H]1[C@@H]2C[C@H](Cl)[C@H]1C[C@H]2O)c1ccncc1. The van der Waals surface area contributed by atoms with Gasteiger partial charge in [0.05, 0.1) is 11.7 Å². The van der Waals surface area contributed by atoms with Crippen molar-refractivity contribution in [2.75, 3.05) is 0 Å². The first-order valence-corrected chi connectivity index (χ1v) is 7.32. The van der Waals surface area contributed by atoms with Crippen molar-refractivity contribution in [2.24, 2.45) is 22.9 Å². The number of carbonyl (C=O) groups is 1. The first kappa shape index (κ1) is 14.3. The van der Waals surface area contributed by atoms with Crippen LogP contribution in [0.15, 0.2) is 29.6 Å². The lowest BCUT2D eigenvalue weighted by atomic mass is 9.97. The van der Waals surface area contributed by atoms with Gasteiger partial charge in [0.15, 0.2) is 0 Å². The zero-order valence-electron chi connectivity index (χ0n) is 11.2. The average Bonchev–Trinajstić information content (AvgIpc) is 2.96. The quantitative estimate of drug-likeness (QED) is 0.498. The number of aliphatic hydroxyl groups excluding tert-OH is 1. The molecule has 2 saturated carbocycles. The number of aliphatic hydroxyl groups is 1. The van der Waals surface area contributed by atoms with E-state index in [2.05, 4.69) is 15.7 Å². The number of pyridine rings is 1. The van der Waals surface area contributed by atoms with E-state index in [0.717, 1.165) is 6.42 Å². The Hall–Kier alpha value is -1.66. The van der Waals surface area contributed by atoms with Crippen molar-refractivity contribution in [3.8, 4) is 0 Å². The highest BCUT2D eigenvalue weighted by Crippen LogP contribution is 2.50. The Kier molecular flexibility index (Phi) is 4.07. The number of rotatable bonds is 4. The standard InChI is InChI=1S/C14H16ClN3O3/c15-12-5-10-11(9(12)6-13(10)19)7-17-18-21-14(20)8-1-3-16-4-2-8/h1-4,7,9-13,18-19H,5-6H2/b17-7+/t9-,10-,11-,12-,13+/m0/s1. The molecule has 0 spiro atoms. The first-order chi connectivity index (χ1) is 10.2. The van der Waals surface area contributed by atoms with Gasteiger partial charge in [-0.3, -0.25) is 4.98 Å². The summed E-state index contributed by atoms with van der Waals surface area (Å²) in [5.41, 5.74) is 2.68. The zero-order valence-corrected chi connectivity index (χ0v) is 12.0. The fraction of sp³-hybridized carbons (Fsp3) is 0.500. The highest BCUT2D eigenvalue weighted by molar-refractivity contribution is 6.21. The van der Waals surface area contributed by atoms with Gasteiger partial charge in [-0.15, -0.1) is 17.2 Å². The molecule has 0 unspecified atom stereocenters. The lowest BCUT2D eigenvalue weighted by molar-refractivity contribution is 0.0260. The Labute approximate surface area is 127 Å². The number of hydrogen-bond donors (Lipinski definition) is 2. The number of hydrazone groups is 1. The van der Waals surface area contributed by atoms with Gasteiger partial charge in [0, 0.05) is 29.9 Å². The molecule has 3 rings (SSSR count). The molecular weight excluding hydrogens is 294 g/mol. The van der Waals surface area contributed by atoms with Gasteiger partial charge in [-0.2, -0.15) is 5.10 Å². The molecule has 5 atom stereocenters. The fourth-order valence-electron chi connectivity index (χ4n) is 3.27. The van der Waals surface area contributed by atoms with E-state index < -0.39 is 5.97 Å². The summed E-state index contributed by atoms with van der Waals surface area (Å²) < 4.78 is 0. The second kappa shape index (κ2) is 5.99. The maximum atomic E-state index is 11.6. The number of fused-ring (bicyclic) bond motifs is 2. The van der Waals surface area contributed by atoms with Gasteiger partial charge in [0.1, 0.15) is 0 Å². The first-order valence-electron chi connectivity index (χ1n) is 6.88. The lowest BCUT2D eigenvalue weighted by Crippen LogP contribution is -2.21. The van der Waals surface area contributed by atoms with Crippen LogP contribution in [0.25, 0.3) is 0 Å². The summed E-state index contributed by atoms with van der Waals surface area (Å²) in [5, 5.41) is 13.9. The molecule has 2 bridgehead atoms. The molecule has 0 radical (unpaired) electrons. The second-order valence-corrected chi connectivity index (χ2v) is 6.02. The molecule has 0 saturated heterocycles. The van der Waals surface area contributed by atoms with Gasteiger partial charge >= 0.3 is 5.97 Å². The highest BCUT2D eigenvalue weighted by Gasteiger charge is 2.51. The van der Waals surface area contributed by atoms with Crippen LogP contribution in [0.4, 0.5) is 0 Å². The molecule has 6 nitrogen and oxygen atoms in total. The molecule has 1 aromatic rings. The summed E-state index contributed by atoms with van der Waals surface area (Å²) >= 11 is 6.23. The van der Waals surface area contributed by atoms with Gasteiger partial charge in [-0.1, -0.05) is 0 Å². The summed E-state index contributed by atoms with van der Waals surface area (Å²) in [7, 11) is 0. The minimum Gasteiger partial charge on any atom is -0.393 e. The highest BCUT2D eigenvalue weighted by atomic mass is 35.5. The van der Waals surface area contributed by atoms with Gasteiger partial charge < -0.3 is 9.94 Å². The predicted molar refractivity (Wildman–Crippen MR) is 76.6 cm³/mol. The number of aromatic nitrogens is 1. The molecule has 2 aliphatic rings. The van der Waals surface area contributed by atoms with Crippen molar-refractivity contribution < 1.29 is 14.7 Å². The second-order valence-electron chi connectivity index (χ2n) is 5.45. The maximum Gasteiger partial charge on any atom is 0.364 e. The Morgan fingerprint density at radius 3 is 2.86 bits per heavy atom. The predicted octanol–water partition coefficient (Wildman–Crippen LogP) is 1.35. The van der Waals surface area contributed by atoms with Crippen LogP contribution in [-0.4, -0.2) is 33.8 Å². The van der Waals surface area contributed by atoms with Crippen molar-refractivity contribution in [2.45, 2.75) is 24.3 Å². The van der Waals surface area contributed by atoms with E-state index in [0.29, 0.717) is 12.0 Å². The molecule has 7 heteroatoms. The van der Waals surface area contributed by atoms with E-state index in [1.165, 1.54) is 12.4 Å². The Balaban J connectivity index is 1.51. The Morgan fingerprint density at radius 1 is 1.43 bits per heavy atom. The molecule has 0 amide bonds. The minimum absolute atomic E-state index is 0.0919. The molecule has 0 aromatic carbocycles. The van der Waals surface area contributed by atoms with Crippen molar-refractivity contribution in [3.05, 3.63) is 30.1 Å². The van der Waals surface area contributed by atoms with Crippen molar-refractivity contribution in [1.82, 2.24) is 10.6 Å². The van der Waals surface area contributed by atoms with Gasteiger partial charge in [0.2, 0.25) is 0 Å². The zero-order chi connectivity index (χ0) is 14.8. The van der Waals surface area contributed by atoms with E-state index >= 15 is 0 Å². The smallest absolute Gasteiger partial charge is 0.364 e. The molecular formula is C14H16ClN3O3. The fourth-order valence-corrected chi connectivity index (χ4v) is 3.75. The Morgan fingerprint density at radius 2 is 2.19 bits per heavy atom. The van der Waals surface area contributed by atoms with E-state index in [1.807, 2.05) is 0 Å². The summed E-state index contributed by atoms with van der Waals surface area (Å²) in [6.07, 6.45) is 5.93. The van der Waals surface area contributed by atoms with Gasteiger partial charge in [0.25, 0.3) is 0 Å². The van der Waals surface area contributed by atoms with E-state index in [4.69, 9.17) is 16.4 Å². The molecule has 2 aliphatic carbocycles. The third kappa shape index (κ3) is 2.87. The van der Waals surface area contributed by atoms with Crippen LogP contribution < -0.4 is 5.59 Å². The number of hydrogen-bond acceptors (Lipinski definition) is 6. The summed E-state index contributed by atoms with van der Waals surface area (Å²) in [6, 6.07) is 3.11. The van der Waals surface area contributed by atoms with Crippen molar-refractivity contribution in [1.29, 1.82) is 0 Å². The van der Waals surface area contributed by atoms with Gasteiger partial charge in [-0.05, 0) is 36.8 Å². The molecule has 21 heavy (non-hydrogen) atoms. The van der Waals surface area contributed by atoms with E-state index in [1.54, 1.807) is 18.3 Å². The summed E-state index contributed by atoms with van der Waals surface area (Å²) in [5.74, 6) is 0.000825. The van der Waals surface area contributed by atoms with Crippen LogP contribution >= 0.6 is 11.6 Å². The summed E-state index contributed by atoms with van der Waals surface area (Å²) in [6.45, 7) is 0. The van der Waals surface area contributed by atoms with Crippen LogP contribution in [0.5, 0.6) is 0 Å². The van der Waals surface area contributed by atoms with Crippen LogP contribution in [-0.2, 0) is 4.84 Å². The number of nitrogens with zero attached hydrogens (tertiary/aromatic N) is 2. The number of carbonyl (C=O) groups excluding carboxylic acids is 1. The molecule has 112 valence electrons. The Bertz CT molecular complexity index is 524.